The Kier molecular flexibility index (Phi) is 4.83. The number of carbonyl (C=O) groups is 2. The summed E-state index contributed by atoms with van der Waals surface area (Å²) in [6.07, 6.45) is -0.548. The van der Waals surface area contributed by atoms with E-state index in [9.17, 15) is 18.0 Å². The highest BCUT2D eigenvalue weighted by Crippen LogP contribution is 2.26. The zero-order valence-electron chi connectivity index (χ0n) is 14.0. The minimum absolute atomic E-state index is 0.0355. The van der Waals surface area contributed by atoms with Gasteiger partial charge in [0.15, 0.2) is 15.9 Å². The van der Waals surface area contributed by atoms with Gasteiger partial charge in [-0.2, -0.15) is 0 Å². The molecule has 1 fully saturated rings. The second-order valence-electron chi connectivity index (χ2n) is 6.20. The van der Waals surface area contributed by atoms with Gasteiger partial charge in [0.25, 0.3) is 5.91 Å². The van der Waals surface area contributed by atoms with Crippen molar-refractivity contribution >= 4 is 43.1 Å². The van der Waals surface area contributed by atoms with Gasteiger partial charge in [-0.1, -0.05) is 18.2 Å². The van der Waals surface area contributed by atoms with Crippen molar-refractivity contribution in [2.45, 2.75) is 25.5 Å². The topological polar surface area (TPSA) is 80.8 Å². The molecule has 3 rings (SSSR count). The van der Waals surface area contributed by atoms with Crippen LogP contribution in [-0.2, 0) is 19.4 Å². The number of thiophene rings is 1. The lowest BCUT2D eigenvalue weighted by Gasteiger charge is -2.26. The van der Waals surface area contributed by atoms with E-state index in [1.165, 1.54) is 23.2 Å². The van der Waals surface area contributed by atoms with Gasteiger partial charge < -0.3 is 9.64 Å². The summed E-state index contributed by atoms with van der Waals surface area (Å²) in [7, 11) is -1.53. The van der Waals surface area contributed by atoms with Crippen LogP contribution in [-0.4, -0.2) is 55.9 Å². The molecule has 8 heteroatoms. The molecule has 1 aliphatic heterocycles. The maximum atomic E-state index is 12.4. The van der Waals surface area contributed by atoms with Crippen LogP contribution >= 0.6 is 11.3 Å². The second kappa shape index (κ2) is 6.76. The number of likely N-dealkylation sites (N-methyl/N-ethyl adjacent to an activating group) is 1. The van der Waals surface area contributed by atoms with E-state index in [0.29, 0.717) is 11.3 Å². The van der Waals surface area contributed by atoms with Gasteiger partial charge in [0.05, 0.1) is 11.5 Å². The molecule has 25 heavy (non-hydrogen) atoms. The fraction of sp³-hybridized carbons (Fsp3) is 0.412. The monoisotopic (exact) mass is 381 g/mol. The van der Waals surface area contributed by atoms with E-state index < -0.39 is 27.8 Å². The van der Waals surface area contributed by atoms with Crippen LogP contribution in [0.5, 0.6) is 0 Å². The molecule has 0 N–H and O–H groups in total. The normalized spacial score (nSPS) is 20.3. The number of nitrogens with zero attached hydrogens (tertiary/aromatic N) is 1. The van der Waals surface area contributed by atoms with Crippen molar-refractivity contribution in [2.24, 2.45) is 0 Å². The predicted octanol–water partition coefficient (Wildman–Crippen LogP) is 2.09. The first-order chi connectivity index (χ1) is 11.8. The first kappa shape index (κ1) is 17.9. The van der Waals surface area contributed by atoms with Gasteiger partial charge in [0.1, 0.15) is 4.88 Å². The molecule has 2 atom stereocenters. The summed E-state index contributed by atoms with van der Waals surface area (Å²) in [5, 5.41) is 0.951. The molecule has 1 aromatic carbocycles. The van der Waals surface area contributed by atoms with Gasteiger partial charge in [0, 0.05) is 17.8 Å². The number of benzene rings is 1. The van der Waals surface area contributed by atoms with Crippen molar-refractivity contribution < 1.29 is 22.7 Å². The van der Waals surface area contributed by atoms with Gasteiger partial charge in [-0.05, 0) is 30.9 Å². The van der Waals surface area contributed by atoms with Gasteiger partial charge in [-0.25, -0.2) is 13.2 Å². The average molecular weight is 381 g/mol. The first-order valence-electron chi connectivity index (χ1n) is 7.93. The van der Waals surface area contributed by atoms with Crippen LogP contribution in [0.3, 0.4) is 0 Å². The van der Waals surface area contributed by atoms with E-state index >= 15 is 0 Å². The quantitative estimate of drug-likeness (QED) is 0.758. The Bertz CT molecular complexity index is 885. The molecule has 0 unspecified atom stereocenters. The Morgan fingerprint density at radius 3 is 2.68 bits per heavy atom. The lowest BCUT2D eigenvalue weighted by Crippen LogP contribution is -2.44. The molecule has 1 aliphatic rings. The third kappa shape index (κ3) is 3.85. The molecule has 134 valence electrons. The van der Waals surface area contributed by atoms with Gasteiger partial charge in [-0.15, -0.1) is 11.3 Å². The zero-order chi connectivity index (χ0) is 18.2. The molecule has 0 bridgehead atoms. The smallest absolute Gasteiger partial charge is 0.349 e. The molecule has 2 heterocycles. The van der Waals surface area contributed by atoms with E-state index in [1.807, 2.05) is 24.3 Å². The molecule has 0 radical (unpaired) electrons. The Hall–Kier alpha value is -1.93. The standard InChI is InChI=1S/C17H19NO5S2/c1-11(16(19)18(2)13-7-8-25(21,22)10-13)23-17(20)15-9-12-5-3-4-6-14(12)24-15/h3-6,9,11,13H,7-8,10H2,1-2H3/t11-,13-/m0/s1. The van der Waals surface area contributed by atoms with E-state index in [4.69, 9.17) is 4.74 Å². The summed E-state index contributed by atoms with van der Waals surface area (Å²) in [5.41, 5.74) is 0. The molecular formula is C17H19NO5S2. The molecule has 1 amide bonds. The Labute approximate surface area is 150 Å². The fourth-order valence-electron chi connectivity index (χ4n) is 2.90. The van der Waals surface area contributed by atoms with Crippen LogP contribution < -0.4 is 0 Å². The molecule has 1 saturated heterocycles. The van der Waals surface area contributed by atoms with E-state index in [2.05, 4.69) is 0 Å². The Morgan fingerprint density at radius 2 is 2.04 bits per heavy atom. The van der Waals surface area contributed by atoms with E-state index in [0.717, 1.165) is 10.1 Å². The third-order valence-electron chi connectivity index (χ3n) is 4.36. The summed E-state index contributed by atoms with van der Waals surface area (Å²) in [6, 6.07) is 8.99. The highest BCUT2D eigenvalue weighted by Gasteiger charge is 2.35. The zero-order valence-corrected chi connectivity index (χ0v) is 15.6. The van der Waals surface area contributed by atoms with Crippen LogP contribution in [0.1, 0.15) is 23.0 Å². The molecule has 0 saturated carbocycles. The van der Waals surface area contributed by atoms with Crippen molar-refractivity contribution in [2.75, 3.05) is 18.6 Å². The van der Waals surface area contributed by atoms with Gasteiger partial charge in [-0.3, -0.25) is 4.79 Å². The van der Waals surface area contributed by atoms with Gasteiger partial charge >= 0.3 is 5.97 Å². The number of rotatable bonds is 4. The molecular weight excluding hydrogens is 362 g/mol. The van der Waals surface area contributed by atoms with E-state index in [-0.39, 0.29) is 17.5 Å². The molecule has 6 nitrogen and oxygen atoms in total. The number of fused-ring (bicyclic) bond motifs is 1. The summed E-state index contributed by atoms with van der Waals surface area (Å²) >= 11 is 1.31. The Morgan fingerprint density at radius 1 is 1.32 bits per heavy atom. The second-order valence-corrected chi connectivity index (χ2v) is 9.51. The van der Waals surface area contributed by atoms with Gasteiger partial charge in [0.2, 0.25) is 0 Å². The molecule has 1 aromatic heterocycles. The fourth-order valence-corrected chi connectivity index (χ4v) is 5.62. The Balaban J connectivity index is 1.65. The summed E-state index contributed by atoms with van der Waals surface area (Å²) < 4.78 is 29.4. The van der Waals surface area contributed by atoms with Crippen LogP contribution in [0.2, 0.25) is 0 Å². The SMILES string of the molecule is C[C@H](OC(=O)c1cc2ccccc2s1)C(=O)N(C)[C@H]1CCS(=O)(=O)C1. The van der Waals surface area contributed by atoms with Crippen molar-refractivity contribution in [1.29, 1.82) is 0 Å². The number of ether oxygens (including phenoxy) is 1. The average Bonchev–Trinajstić information content (AvgIpc) is 3.16. The number of carbonyl (C=O) groups excluding carboxylic acids is 2. The third-order valence-corrected chi connectivity index (χ3v) is 7.21. The number of esters is 1. The maximum Gasteiger partial charge on any atom is 0.349 e. The maximum absolute atomic E-state index is 12.4. The van der Waals surface area contributed by atoms with Crippen LogP contribution in [0.4, 0.5) is 0 Å². The number of sulfone groups is 1. The molecule has 2 aromatic rings. The predicted molar refractivity (Wildman–Crippen MR) is 96.5 cm³/mol. The van der Waals surface area contributed by atoms with Crippen LogP contribution in [0.25, 0.3) is 10.1 Å². The molecule has 0 spiro atoms. The van der Waals surface area contributed by atoms with Crippen molar-refractivity contribution in [3.8, 4) is 0 Å². The van der Waals surface area contributed by atoms with Crippen molar-refractivity contribution in [1.82, 2.24) is 4.90 Å². The molecule has 0 aliphatic carbocycles. The van der Waals surface area contributed by atoms with E-state index in [1.54, 1.807) is 13.1 Å². The van der Waals surface area contributed by atoms with Crippen LogP contribution in [0, 0.1) is 0 Å². The first-order valence-corrected chi connectivity index (χ1v) is 10.6. The highest BCUT2D eigenvalue weighted by molar-refractivity contribution is 7.91. The summed E-state index contributed by atoms with van der Waals surface area (Å²) in [6.45, 7) is 1.51. The number of hydrogen-bond acceptors (Lipinski definition) is 6. The summed E-state index contributed by atoms with van der Waals surface area (Å²) in [5.74, 6) is -0.886. The van der Waals surface area contributed by atoms with Crippen molar-refractivity contribution in [3.63, 3.8) is 0 Å². The largest absolute Gasteiger partial charge is 0.448 e. The number of hydrogen-bond donors (Lipinski definition) is 0. The summed E-state index contributed by atoms with van der Waals surface area (Å²) in [4.78, 5) is 26.6. The minimum Gasteiger partial charge on any atom is -0.448 e. The number of amides is 1. The lowest BCUT2D eigenvalue weighted by molar-refractivity contribution is -0.140. The highest BCUT2D eigenvalue weighted by atomic mass is 32.2. The van der Waals surface area contributed by atoms with Crippen molar-refractivity contribution in [3.05, 3.63) is 35.2 Å². The van der Waals surface area contributed by atoms with Crippen LogP contribution in [0.15, 0.2) is 30.3 Å². The lowest BCUT2D eigenvalue weighted by atomic mass is 10.2. The minimum atomic E-state index is -3.08.